The molecule has 0 aromatic carbocycles. The van der Waals surface area contributed by atoms with E-state index >= 15 is 0 Å². The molecule has 1 aliphatic rings. The van der Waals surface area contributed by atoms with Crippen molar-refractivity contribution in [1.29, 1.82) is 0 Å². The van der Waals surface area contributed by atoms with Crippen molar-refractivity contribution < 1.29 is 9.53 Å². The van der Waals surface area contributed by atoms with Gasteiger partial charge in [-0.05, 0) is 39.3 Å². The third-order valence-corrected chi connectivity index (χ3v) is 4.01. The quantitative estimate of drug-likeness (QED) is 0.834. The van der Waals surface area contributed by atoms with Gasteiger partial charge in [0, 0.05) is 35.6 Å². The van der Waals surface area contributed by atoms with Gasteiger partial charge in [0.05, 0.1) is 0 Å². The number of hydrogen-bond acceptors (Lipinski definition) is 4. The summed E-state index contributed by atoms with van der Waals surface area (Å²) in [5.74, 6) is 0. The predicted octanol–water partition coefficient (Wildman–Crippen LogP) is 3.18. The SMILES string of the molecule is CC(C)(C)OC(=O)N1CCC(Sc2ccncc2)C1. The van der Waals surface area contributed by atoms with Crippen molar-refractivity contribution in [1.82, 2.24) is 9.88 Å². The van der Waals surface area contributed by atoms with Gasteiger partial charge in [0.2, 0.25) is 0 Å². The molecular formula is C14H20N2O2S. The van der Waals surface area contributed by atoms with Gasteiger partial charge < -0.3 is 9.64 Å². The average Bonchev–Trinajstić information content (AvgIpc) is 2.77. The molecule has 0 N–H and O–H groups in total. The minimum absolute atomic E-state index is 0.203. The standard InChI is InChI=1S/C14H20N2O2S/c1-14(2,3)18-13(17)16-9-6-12(10-16)19-11-4-7-15-8-5-11/h4-5,7-8,12H,6,9-10H2,1-3H3. The summed E-state index contributed by atoms with van der Waals surface area (Å²) in [6.07, 6.45) is 4.39. The molecule has 104 valence electrons. The Hall–Kier alpha value is -1.23. The normalized spacial score (nSPS) is 19.5. The molecule has 1 atom stereocenters. The van der Waals surface area contributed by atoms with Crippen molar-refractivity contribution in [3.8, 4) is 0 Å². The zero-order chi connectivity index (χ0) is 13.9. The predicted molar refractivity (Wildman–Crippen MR) is 76.3 cm³/mol. The highest BCUT2D eigenvalue weighted by Crippen LogP contribution is 2.29. The van der Waals surface area contributed by atoms with Crippen LogP contribution in [0.3, 0.4) is 0 Å². The van der Waals surface area contributed by atoms with Crippen LogP contribution in [-0.2, 0) is 4.74 Å². The van der Waals surface area contributed by atoms with E-state index in [-0.39, 0.29) is 6.09 Å². The first kappa shape index (κ1) is 14.2. The van der Waals surface area contributed by atoms with Crippen LogP contribution >= 0.6 is 11.8 Å². The lowest BCUT2D eigenvalue weighted by Gasteiger charge is -2.24. The highest BCUT2D eigenvalue weighted by Gasteiger charge is 2.30. The molecule has 0 aliphatic carbocycles. The smallest absolute Gasteiger partial charge is 0.410 e. The largest absolute Gasteiger partial charge is 0.444 e. The van der Waals surface area contributed by atoms with E-state index in [1.54, 1.807) is 29.1 Å². The lowest BCUT2D eigenvalue weighted by Crippen LogP contribution is -2.35. The number of carbonyl (C=O) groups is 1. The summed E-state index contributed by atoms with van der Waals surface area (Å²) in [5, 5.41) is 0.440. The number of hydrogen-bond donors (Lipinski definition) is 0. The number of aromatic nitrogens is 1. The van der Waals surface area contributed by atoms with E-state index in [4.69, 9.17) is 4.74 Å². The van der Waals surface area contributed by atoms with Gasteiger partial charge in [-0.2, -0.15) is 0 Å². The Kier molecular flexibility index (Phi) is 4.34. The van der Waals surface area contributed by atoms with Crippen molar-refractivity contribution >= 4 is 17.9 Å². The van der Waals surface area contributed by atoms with Crippen LogP contribution in [0.5, 0.6) is 0 Å². The summed E-state index contributed by atoms with van der Waals surface area (Å²) in [4.78, 5) is 18.9. The van der Waals surface area contributed by atoms with Crippen LogP contribution in [0.15, 0.2) is 29.4 Å². The number of rotatable bonds is 2. The van der Waals surface area contributed by atoms with Crippen LogP contribution in [0.25, 0.3) is 0 Å². The number of pyridine rings is 1. The molecule has 0 radical (unpaired) electrons. The van der Waals surface area contributed by atoms with Gasteiger partial charge in [-0.15, -0.1) is 11.8 Å². The molecule has 0 spiro atoms. The molecule has 19 heavy (non-hydrogen) atoms. The molecule has 2 rings (SSSR count). The maximum Gasteiger partial charge on any atom is 0.410 e. The molecular weight excluding hydrogens is 260 g/mol. The third-order valence-electron chi connectivity index (χ3n) is 2.75. The minimum Gasteiger partial charge on any atom is -0.444 e. The molecule has 1 fully saturated rings. The van der Waals surface area contributed by atoms with Crippen LogP contribution in [-0.4, -0.2) is 39.9 Å². The van der Waals surface area contributed by atoms with Crippen LogP contribution in [0.1, 0.15) is 27.2 Å². The fourth-order valence-corrected chi connectivity index (χ4v) is 3.07. The maximum absolute atomic E-state index is 11.9. The first-order chi connectivity index (χ1) is 8.94. The van der Waals surface area contributed by atoms with Crippen LogP contribution in [0, 0.1) is 0 Å². The topological polar surface area (TPSA) is 42.4 Å². The molecule has 1 unspecified atom stereocenters. The second-order valence-corrected chi connectivity index (χ2v) is 7.01. The zero-order valence-corrected chi connectivity index (χ0v) is 12.4. The van der Waals surface area contributed by atoms with Crippen molar-refractivity contribution in [2.45, 2.75) is 42.9 Å². The molecule has 1 aromatic heterocycles. The second kappa shape index (κ2) is 5.82. The molecule has 1 saturated heterocycles. The fraction of sp³-hybridized carbons (Fsp3) is 0.571. The maximum atomic E-state index is 11.9. The van der Waals surface area contributed by atoms with E-state index < -0.39 is 5.60 Å². The van der Waals surface area contributed by atoms with E-state index in [1.807, 2.05) is 32.9 Å². The van der Waals surface area contributed by atoms with E-state index in [2.05, 4.69) is 4.98 Å². The van der Waals surface area contributed by atoms with Crippen molar-refractivity contribution in [2.24, 2.45) is 0 Å². The Morgan fingerprint density at radius 3 is 2.74 bits per heavy atom. The van der Waals surface area contributed by atoms with Gasteiger partial charge in [0.25, 0.3) is 0 Å². The van der Waals surface area contributed by atoms with E-state index in [0.717, 1.165) is 19.5 Å². The minimum atomic E-state index is -0.423. The molecule has 4 nitrogen and oxygen atoms in total. The summed E-state index contributed by atoms with van der Waals surface area (Å²) in [5.41, 5.74) is -0.423. The van der Waals surface area contributed by atoms with Crippen molar-refractivity contribution in [3.63, 3.8) is 0 Å². The Morgan fingerprint density at radius 2 is 2.11 bits per heavy atom. The van der Waals surface area contributed by atoms with E-state index in [9.17, 15) is 4.79 Å². The van der Waals surface area contributed by atoms with Gasteiger partial charge in [-0.1, -0.05) is 0 Å². The summed E-state index contributed by atoms with van der Waals surface area (Å²) in [7, 11) is 0. The van der Waals surface area contributed by atoms with Crippen LogP contribution in [0.2, 0.25) is 0 Å². The van der Waals surface area contributed by atoms with Gasteiger partial charge in [0.1, 0.15) is 5.60 Å². The van der Waals surface area contributed by atoms with Gasteiger partial charge in [-0.25, -0.2) is 4.79 Å². The van der Waals surface area contributed by atoms with E-state index in [1.165, 1.54) is 4.90 Å². The Labute approximate surface area is 118 Å². The summed E-state index contributed by atoms with van der Waals surface area (Å²) < 4.78 is 5.39. The number of amides is 1. The zero-order valence-electron chi connectivity index (χ0n) is 11.6. The van der Waals surface area contributed by atoms with Gasteiger partial charge in [-0.3, -0.25) is 4.98 Å². The highest BCUT2D eigenvalue weighted by atomic mass is 32.2. The molecule has 0 saturated carbocycles. The number of likely N-dealkylation sites (tertiary alicyclic amines) is 1. The van der Waals surface area contributed by atoms with Gasteiger partial charge >= 0.3 is 6.09 Å². The lowest BCUT2D eigenvalue weighted by atomic mass is 10.2. The van der Waals surface area contributed by atoms with Crippen molar-refractivity contribution in [2.75, 3.05) is 13.1 Å². The Bertz CT molecular complexity index is 431. The third kappa shape index (κ3) is 4.42. The van der Waals surface area contributed by atoms with Crippen LogP contribution < -0.4 is 0 Å². The molecule has 1 amide bonds. The first-order valence-electron chi connectivity index (χ1n) is 6.49. The molecule has 1 aromatic rings. The van der Waals surface area contributed by atoms with Gasteiger partial charge in [0.15, 0.2) is 0 Å². The highest BCUT2D eigenvalue weighted by molar-refractivity contribution is 8.00. The number of ether oxygens (including phenoxy) is 1. The number of carbonyl (C=O) groups excluding carboxylic acids is 1. The lowest BCUT2D eigenvalue weighted by molar-refractivity contribution is 0.0295. The summed E-state index contributed by atoms with van der Waals surface area (Å²) in [6.45, 7) is 7.21. The summed E-state index contributed by atoms with van der Waals surface area (Å²) >= 11 is 1.80. The number of nitrogens with zero attached hydrogens (tertiary/aromatic N) is 2. The summed E-state index contributed by atoms with van der Waals surface area (Å²) in [6, 6.07) is 4.00. The van der Waals surface area contributed by atoms with Crippen LogP contribution in [0.4, 0.5) is 4.79 Å². The first-order valence-corrected chi connectivity index (χ1v) is 7.36. The Balaban J connectivity index is 1.85. The number of thioether (sulfide) groups is 1. The second-order valence-electron chi connectivity index (χ2n) is 5.64. The molecule has 0 bridgehead atoms. The van der Waals surface area contributed by atoms with Crippen molar-refractivity contribution in [3.05, 3.63) is 24.5 Å². The molecule has 1 aliphatic heterocycles. The Morgan fingerprint density at radius 1 is 1.42 bits per heavy atom. The monoisotopic (exact) mass is 280 g/mol. The van der Waals surface area contributed by atoms with E-state index in [0.29, 0.717) is 5.25 Å². The average molecular weight is 280 g/mol. The molecule has 2 heterocycles. The fourth-order valence-electron chi connectivity index (χ4n) is 1.93. The molecule has 5 heteroatoms.